The number of nitrogens with zero attached hydrogens (tertiary/aromatic N) is 2. The third kappa shape index (κ3) is 2.97. The van der Waals surface area contributed by atoms with Crippen molar-refractivity contribution in [3.05, 3.63) is 57.8 Å². The third-order valence-corrected chi connectivity index (χ3v) is 4.34. The maximum Gasteiger partial charge on any atom is 0.269 e. The standard InChI is InChI=1S/C16H17N3OS/c1-2-7-17-13-8-16(20)19(18-9-13)10-12-11-21-15-6-4-3-5-14(12)15/h3-6,8-9,11,17H,2,7,10H2,1H3. The molecule has 2 heterocycles. The molecule has 0 fully saturated rings. The normalized spacial score (nSPS) is 10.9. The van der Waals surface area contributed by atoms with Gasteiger partial charge < -0.3 is 5.32 Å². The van der Waals surface area contributed by atoms with Crippen LogP contribution in [0.4, 0.5) is 5.69 Å². The molecular formula is C16H17N3OS. The molecule has 0 aliphatic rings. The summed E-state index contributed by atoms with van der Waals surface area (Å²) >= 11 is 1.70. The van der Waals surface area contributed by atoms with Gasteiger partial charge in [-0.05, 0) is 28.8 Å². The summed E-state index contributed by atoms with van der Waals surface area (Å²) in [6.45, 7) is 3.44. The third-order valence-electron chi connectivity index (χ3n) is 3.33. The molecule has 3 rings (SSSR count). The molecule has 0 spiro atoms. The van der Waals surface area contributed by atoms with Crippen molar-refractivity contribution in [3.63, 3.8) is 0 Å². The van der Waals surface area contributed by atoms with Crippen LogP contribution in [0.5, 0.6) is 0 Å². The minimum atomic E-state index is -0.0774. The topological polar surface area (TPSA) is 46.9 Å². The molecule has 0 amide bonds. The molecule has 0 saturated carbocycles. The van der Waals surface area contributed by atoms with Crippen molar-refractivity contribution in [1.82, 2.24) is 9.78 Å². The quantitative estimate of drug-likeness (QED) is 0.786. The number of aromatic nitrogens is 2. The summed E-state index contributed by atoms with van der Waals surface area (Å²) < 4.78 is 2.74. The van der Waals surface area contributed by atoms with Gasteiger partial charge in [0.15, 0.2) is 0 Å². The molecule has 0 bridgehead atoms. The number of hydrogen-bond acceptors (Lipinski definition) is 4. The van der Waals surface area contributed by atoms with Crippen molar-refractivity contribution >= 4 is 27.1 Å². The molecule has 1 N–H and O–H groups in total. The molecule has 0 unspecified atom stereocenters. The number of hydrogen-bond donors (Lipinski definition) is 1. The van der Waals surface area contributed by atoms with Gasteiger partial charge in [0, 0.05) is 17.3 Å². The van der Waals surface area contributed by atoms with Crippen LogP contribution in [-0.2, 0) is 6.54 Å². The summed E-state index contributed by atoms with van der Waals surface area (Å²) in [7, 11) is 0. The molecule has 0 radical (unpaired) electrons. The zero-order valence-corrected chi connectivity index (χ0v) is 12.7. The van der Waals surface area contributed by atoms with Crippen LogP contribution < -0.4 is 10.9 Å². The van der Waals surface area contributed by atoms with E-state index in [2.05, 4.69) is 34.9 Å². The molecule has 0 saturated heterocycles. The van der Waals surface area contributed by atoms with Gasteiger partial charge in [-0.15, -0.1) is 11.3 Å². The Bertz CT molecular complexity index is 806. The molecule has 4 nitrogen and oxygen atoms in total. The molecule has 108 valence electrons. The summed E-state index contributed by atoms with van der Waals surface area (Å²) in [6, 6.07) is 9.84. The number of thiophene rings is 1. The van der Waals surface area contributed by atoms with E-state index in [1.165, 1.54) is 14.8 Å². The van der Waals surface area contributed by atoms with E-state index in [4.69, 9.17) is 0 Å². The Kier molecular flexibility index (Phi) is 4.01. The first-order chi connectivity index (χ1) is 10.3. The number of benzene rings is 1. The predicted molar refractivity (Wildman–Crippen MR) is 88.2 cm³/mol. The van der Waals surface area contributed by atoms with Gasteiger partial charge in [-0.1, -0.05) is 25.1 Å². The highest BCUT2D eigenvalue weighted by molar-refractivity contribution is 7.17. The molecule has 5 heteroatoms. The number of anilines is 1. The average Bonchev–Trinajstić information content (AvgIpc) is 2.91. The zero-order valence-electron chi connectivity index (χ0n) is 11.9. The number of nitrogens with one attached hydrogen (secondary N) is 1. The lowest BCUT2D eigenvalue weighted by molar-refractivity contribution is 0.643. The van der Waals surface area contributed by atoms with Crippen molar-refractivity contribution in [3.8, 4) is 0 Å². The Hall–Kier alpha value is -2.14. The van der Waals surface area contributed by atoms with Crippen molar-refractivity contribution in [2.45, 2.75) is 19.9 Å². The Morgan fingerprint density at radius 3 is 3.00 bits per heavy atom. The second-order valence-electron chi connectivity index (χ2n) is 4.92. The van der Waals surface area contributed by atoms with E-state index in [1.807, 2.05) is 12.1 Å². The maximum atomic E-state index is 12.1. The SMILES string of the molecule is CCCNc1cnn(Cc2csc3ccccc23)c(=O)c1. The fraction of sp³-hybridized carbons (Fsp3) is 0.250. The van der Waals surface area contributed by atoms with Crippen molar-refractivity contribution < 1.29 is 0 Å². The monoisotopic (exact) mass is 299 g/mol. The van der Waals surface area contributed by atoms with Crippen LogP contribution in [0, 0.1) is 0 Å². The lowest BCUT2D eigenvalue weighted by atomic mass is 10.2. The first-order valence-electron chi connectivity index (χ1n) is 7.04. The number of fused-ring (bicyclic) bond motifs is 1. The Morgan fingerprint density at radius 2 is 2.19 bits per heavy atom. The van der Waals surface area contributed by atoms with Gasteiger partial charge in [0.2, 0.25) is 0 Å². The molecule has 0 aliphatic heterocycles. The van der Waals surface area contributed by atoms with E-state index in [0.717, 1.165) is 24.2 Å². The molecule has 1 aromatic carbocycles. The van der Waals surface area contributed by atoms with E-state index >= 15 is 0 Å². The van der Waals surface area contributed by atoms with Gasteiger partial charge in [-0.2, -0.15) is 5.10 Å². The molecule has 2 aromatic heterocycles. The minimum absolute atomic E-state index is 0.0774. The first kappa shape index (κ1) is 13.8. The van der Waals surface area contributed by atoms with Gasteiger partial charge in [0.05, 0.1) is 18.4 Å². The van der Waals surface area contributed by atoms with Crippen LogP contribution in [-0.4, -0.2) is 16.3 Å². The Balaban J connectivity index is 1.86. The highest BCUT2D eigenvalue weighted by atomic mass is 32.1. The summed E-state index contributed by atoms with van der Waals surface area (Å²) in [4.78, 5) is 12.1. The van der Waals surface area contributed by atoms with Gasteiger partial charge in [-0.3, -0.25) is 4.79 Å². The highest BCUT2D eigenvalue weighted by Crippen LogP contribution is 2.25. The van der Waals surface area contributed by atoms with Crippen LogP contribution in [0.1, 0.15) is 18.9 Å². The van der Waals surface area contributed by atoms with Crippen LogP contribution in [0.3, 0.4) is 0 Å². The van der Waals surface area contributed by atoms with Crippen molar-refractivity contribution in [2.75, 3.05) is 11.9 Å². The molecule has 0 atom stereocenters. The average molecular weight is 299 g/mol. The van der Waals surface area contributed by atoms with Gasteiger partial charge in [-0.25, -0.2) is 4.68 Å². The largest absolute Gasteiger partial charge is 0.384 e. The Labute approximate surface area is 127 Å². The fourth-order valence-electron chi connectivity index (χ4n) is 2.23. The van der Waals surface area contributed by atoms with Crippen LogP contribution >= 0.6 is 11.3 Å². The van der Waals surface area contributed by atoms with Crippen LogP contribution in [0.25, 0.3) is 10.1 Å². The molecular weight excluding hydrogens is 282 g/mol. The smallest absolute Gasteiger partial charge is 0.269 e. The van der Waals surface area contributed by atoms with Crippen LogP contribution in [0.2, 0.25) is 0 Å². The lowest BCUT2D eigenvalue weighted by Crippen LogP contribution is -2.23. The lowest BCUT2D eigenvalue weighted by Gasteiger charge is -2.07. The minimum Gasteiger partial charge on any atom is -0.384 e. The Morgan fingerprint density at radius 1 is 1.33 bits per heavy atom. The summed E-state index contributed by atoms with van der Waals surface area (Å²) in [6.07, 6.45) is 2.73. The van der Waals surface area contributed by atoms with E-state index in [0.29, 0.717) is 6.54 Å². The van der Waals surface area contributed by atoms with E-state index < -0.39 is 0 Å². The fourth-order valence-corrected chi connectivity index (χ4v) is 3.19. The molecule has 21 heavy (non-hydrogen) atoms. The summed E-state index contributed by atoms with van der Waals surface area (Å²) in [5.74, 6) is 0. The zero-order chi connectivity index (χ0) is 14.7. The van der Waals surface area contributed by atoms with E-state index in [1.54, 1.807) is 23.6 Å². The summed E-state index contributed by atoms with van der Waals surface area (Å²) in [5.41, 5.74) is 1.85. The van der Waals surface area contributed by atoms with E-state index in [-0.39, 0.29) is 5.56 Å². The molecule has 3 aromatic rings. The summed E-state index contributed by atoms with van der Waals surface area (Å²) in [5, 5.41) is 10.7. The highest BCUT2D eigenvalue weighted by Gasteiger charge is 2.06. The van der Waals surface area contributed by atoms with E-state index in [9.17, 15) is 4.79 Å². The van der Waals surface area contributed by atoms with Crippen molar-refractivity contribution in [2.24, 2.45) is 0 Å². The first-order valence-corrected chi connectivity index (χ1v) is 7.92. The second kappa shape index (κ2) is 6.10. The second-order valence-corrected chi connectivity index (χ2v) is 5.84. The predicted octanol–water partition coefficient (Wildman–Crippen LogP) is 3.33. The maximum absolute atomic E-state index is 12.1. The number of rotatable bonds is 5. The van der Waals surface area contributed by atoms with Crippen LogP contribution in [0.15, 0.2) is 46.7 Å². The van der Waals surface area contributed by atoms with Gasteiger partial charge in [0.1, 0.15) is 0 Å². The van der Waals surface area contributed by atoms with Crippen molar-refractivity contribution in [1.29, 1.82) is 0 Å². The van der Waals surface area contributed by atoms with Gasteiger partial charge in [0.25, 0.3) is 5.56 Å². The van der Waals surface area contributed by atoms with Gasteiger partial charge >= 0.3 is 0 Å². The molecule has 0 aliphatic carbocycles.